The van der Waals surface area contributed by atoms with Crippen LogP contribution in [0.25, 0.3) is 0 Å². The Morgan fingerprint density at radius 3 is 2.35 bits per heavy atom. The van der Waals surface area contributed by atoms with Crippen molar-refractivity contribution in [3.8, 4) is 0 Å². The molecule has 2 rings (SSSR count). The Balaban J connectivity index is 1.92. The molecule has 3 heteroatoms. The molecule has 0 bridgehead atoms. The van der Waals surface area contributed by atoms with Gasteiger partial charge in [-0.15, -0.1) is 0 Å². The fraction of sp³-hybridized carbons (Fsp3) is 0.647. The van der Waals surface area contributed by atoms with Crippen molar-refractivity contribution in [1.82, 2.24) is 5.32 Å². The Labute approximate surface area is 122 Å². The molecular formula is C17H27NO2. The number of nitrogens with one attached hydrogen (secondary N) is 1. The van der Waals surface area contributed by atoms with Gasteiger partial charge in [-0.05, 0) is 24.0 Å². The summed E-state index contributed by atoms with van der Waals surface area (Å²) in [5.74, 6) is 0.583. The second kappa shape index (κ2) is 6.70. The minimum Gasteiger partial charge on any atom is -0.378 e. The lowest BCUT2D eigenvalue weighted by molar-refractivity contribution is -0.0172. The minimum absolute atomic E-state index is 0.147. The molecule has 1 aliphatic rings. The van der Waals surface area contributed by atoms with Crippen molar-refractivity contribution in [3.05, 3.63) is 35.4 Å². The maximum absolute atomic E-state index is 5.65. The highest BCUT2D eigenvalue weighted by Gasteiger charge is 2.34. The molecule has 1 aromatic rings. The summed E-state index contributed by atoms with van der Waals surface area (Å²) in [5, 5.41) is 3.58. The summed E-state index contributed by atoms with van der Waals surface area (Å²) in [5.41, 5.74) is 2.56. The van der Waals surface area contributed by atoms with Gasteiger partial charge in [-0.3, -0.25) is 0 Å². The highest BCUT2D eigenvalue weighted by molar-refractivity contribution is 5.26. The van der Waals surface area contributed by atoms with Crippen molar-refractivity contribution in [1.29, 1.82) is 0 Å². The van der Waals surface area contributed by atoms with Crippen molar-refractivity contribution in [2.24, 2.45) is 0 Å². The van der Waals surface area contributed by atoms with Crippen LogP contribution in [0.4, 0.5) is 0 Å². The van der Waals surface area contributed by atoms with Crippen LogP contribution in [-0.4, -0.2) is 32.5 Å². The molecule has 0 radical (unpaired) electrons. The molecule has 1 N–H and O–H groups in total. The fourth-order valence-electron chi connectivity index (χ4n) is 2.59. The molecule has 2 unspecified atom stereocenters. The van der Waals surface area contributed by atoms with Crippen molar-refractivity contribution < 1.29 is 9.47 Å². The Morgan fingerprint density at radius 2 is 1.85 bits per heavy atom. The topological polar surface area (TPSA) is 30.5 Å². The average molecular weight is 277 g/mol. The zero-order valence-electron chi connectivity index (χ0n) is 13.1. The van der Waals surface area contributed by atoms with Crippen LogP contribution in [0.15, 0.2) is 24.3 Å². The largest absolute Gasteiger partial charge is 0.378 e. The van der Waals surface area contributed by atoms with E-state index in [2.05, 4.69) is 50.4 Å². The summed E-state index contributed by atoms with van der Waals surface area (Å²) in [7, 11) is 1.78. The molecule has 0 aliphatic carbocycles. The number of methoxy groups -OCH3 is 1. The average Bonchev–Trinajstić information content (AvgIpc) is 2.94. The highest BCUT2D eigenvalue weighted by Crippen LogP contribution is 2.23. The van der Waals surface area contributed by atoms with E-state index in [0.717, 1.165) is 19.6 Å². The van der Waals surface area contributed by atoms with Gasteiger partial charge >= 0.3 is 0 Å². The van der Waals surface area contributed by atoms with Gasteiger partial charge in [0.25, 0.3) is 0 Å². The summed E-state index contributed by atoms with van der Waals surface area (Å²) in [6, 6.07) is 9.21. The van der Waals surface area contributed by atoms with E-state index in [1.165, 1.54) is 11.1 Å². The zero-order valence-corrected chi connectivity index (χ0v) is 13.1. The molecule has 20 heavy (non-hydrogen) atoms. The summed E-state index contributed by atoms with van der Waals surface area (Å²) < 4.78 is 11.1. The van der Waals surface area contributed by atoms with Crippen LogP contribution in [0.2, 0.25) is 0 Å². The normalized spacial score (nSPS) is 24.2. The second-order valence-corrected chi connectivity index (χ2v) is 6.11. The molecule has 112 valence electrons. The van der Waals surface area contributed by atoms with E-state index in [0.29, 0.717) is 18.6 Å². The molecule has 1 fully saturated rings. The monoisotopic (exact) mass is 277 g/mol. The van der Waals surface area contributed by atoms with E-state index in [9.17, 15) is 0 Å². The van der Waals surface area contributed by atoms with Gasteiger partial charge in [-0.25, -0.2) is 0 Å². The summed E-state index contributed by atoms with van der Waals surface area (Å²) in [4.78, 5) is 0. The Bertz CT molecular complexity index is 408. The van der Waals surface area contributed by atoms with Gasteiger partial charge in [-0.2, -0.15) is 0 Å². The SMILES string of the molecule is COC1(CNC(C)c2ccc(C(C)C)cc2)CCOC1. The van der Waals surface area contributed by atoms with Gasteiger partial charge in [-0.1, -0.05) is 38.1 Å². The van der Waals surface area contributed by atoms with Crippen molar-refractivity contribution in [3.63, 3.8) is 0 Å². The first-order chi connectivity index (χ1) is 9.56. The summed E-state index contributed by atoms with van der Waals surface area (Å²) >= 11 is 0. The van der Waals surface area contributed by atoms with Gasteiger partial charge in [0, 0.05) is 32.7 Å². The number of benzene rings is 1. The van der Waals surface area contributed by atoms with Crippen LogP contribution in [0.3, 0.4) is 0 Å². The third-order valence-electron chi connectivity index (χ3n) is 4.33. The maximum atomic E-state index is 5.65. The van der Waals surface area contributed by atoms with E-state index in [-0.39, 0.29) is 5.60 Å². The van der Waals surface area contributed by atoms with E-state index in [4.69, 9.17) is 9.47 Å². The molecular weight excluding hydrogens is 250 g/mol. The van der Waals surface area contributed by atoms with Crippen molar-refractivity contribution >= 4 is 0 Å². The van der Waals surface area contributed by atoms with E-state index in [1.54, 1.807) is 7.11 Å². The zero-order chi connectivity index (χ0) is 14.6. The maximum Gasteiger partial charge on any atom is 0.106 e. The lowest BCUT2D eigenvalue weighted by Crippen LogP contribution is -2.43. The predicted octanol–water partition coefficient (Wildman–Crippen LogP) is 3.27. The quantitative estimate of drug-likeness (QED) is 0.865. The molecule has 1 aliphatic heterocycles. The first-order valence-electron chi connectivity index (χ1n) is 7.52. The number of hydrogen-bond donors (Lipinski definition) is 1. The summed E-state index contributed by atoms with van der Waals surface area (Å²) in [6.45, 7) is 8.96. The molecule has 0 aromatic heterocycles. The number of rotatable bonds is 6. The third kappa shape index (κ3) is 3.60. The van der Waals surface area contributed by atoms with Gasteiger partial charge in [0.15, 0.2) is 0 Å². The Hall–Kier alpha value is -0.900. The Kier molecular flexibility index (Phi) is 5.19. The van der Waals surface area contributed by atoms with Crippen molar-refractivity contribution in [2.45, 2.75) is 44.8 Å². The van der Waals surface area contributed by atoms with Crippen LogP contribution < -0.4 is 5.32 Å². The Morgan fingerprint density at radius 1 is 1.20 bits per heavy atom. The molecule has 2 atom stereocenters. The lowest BCUT2D eigenvalue weighted by Gasteiger charge is -2.28. The fourth-order valence-corrected chi connectivity index (χ4v) is 2.59. The molecule has 0 spiro atoms. The second-order valence-electron chi connectivity index (χ2n) is 6.11. The first kappa shape index (κ1) is 15.5. The van der Waals surface area contributed by atoms with Gasteiger partial charge in [0.1, 0.15) is 5.60 Å². The standard InChI is InChI=1S/C17H27NO2/c1-13(2)15-5-7-16(8-6-15)14(3)18-11-17(19-4)9-10-20-12-17/h5-8,13-14,18H,9-12H2,1-4H3. The van der Waals surface area contributed by atoms with Gasteiger partial charge in [0.05, 0.1) is 6.61 Å². The van der Waals surface area contributed by atoms with E-state index < -0.39 is 0 Å². The molecule has 0 saturated carbocycles. The van der Waals surface area contributed by atoms with E-state index >= 15 is 0 Å². The van der Waals surface area contributed by atoms with Gasteiger partial charge in [0.2, 0.25) is 0 Å². The minimum atomic E-state index is -0.147. The van der Waals surface area contributed by atoms with E-state index in [1.807, 2.05) is 0 Å². The highest BCUT2D eigenvalue weighted by atomic mass is 16.5. The molecule has 3 nitrogen and oxygen atoms in total. The van der Waals surface area contributed by atoms with Crippen LogP contribution in [-0.2, 0) is 9.47 Å². The van der Waals surface area contributed by atoms with Crippen LogP contribution in [0.1, 0.15) is 50.3 Å². The number of hydrogen-bond acceptors (Lipinski definition) is 3. The molecule has 1 saturated heterocycles. The van der Waals surface area contributed by atoms with Gasteiger partial charge < -0.3 is 14.8 Å². The predicted molar refractivity (Wildman–Crippen MR) is 82.1 cm³/mol. The van der Waals surface area contributed by atoms with Crippen LogP contribution in [0, 0.1) is 0 Å². The smallest absolute Gasteiger partial charge is 0.106 e. The molecule has 0 amide bonds. The third-order valence-corrected chi connectivity index (χ3v) is 4.33. The van der Waals surface area contributed by atoms with Crippen molar-refractivity contribution in [2.75, 3.05) is 26.9 Å². The van der Waals surface area contributed by atoms with Crippen LogP contribution in [0.5, 0.6) is 0 Å². The lowest BCUT2D eigenvalue weighted by atomic mass is 9.98. The number of ether oxygens (including phenoxy) is 2. The first-order valence-corrected chi connectivity index (χ1v) is 7.52. The molecule has 1 heterocycles. The summed E-state index contributed by atoms with van der Waals surface area (Å²) in [6.07, 6.45) is 0.968. The molecule has 1 aromatic carbocycles. The van der Waals surface area contributed by atoms with Crippen LogP contribution >= 0.6 is 0 Å².